The fourth-order valence-corrected chi connectivity index (χ4v) is 5.15. The second-order valence-corrected chi connectivity index (χ2v) is 8.83. The quantitative estimate of drug-likeness (QED) is 0.728. The van der Waals surface area contributed by atoms with Crippen molar-refractivity contribution in [2.75, 3.05) is 13.7 Å². The van der Waals surface area contributed by atoms with E-state index in [4.69, 9.17) is 16.3 Å². The maximum atomic E-state index is 13.6. The number of piperidine rings is 1. The van der Waals surface area contributed by atoms with Gasteiger partial charge in [0.15, 0.2) is 0 Å². The smallest absolute Gasteiger partial charge is 0.319 e. The molecule has 3 unspecified atom stereocenters. The first kappa shape index (κ1) is 20.4. The molecule has 0 amide bonds. The van der Waals surface area contributed by atoms with Crippen LogP contribution in [0.4, 0.5) is 0 Å². The standard InChI is InChI=1S/C24H28ClNO3/c1-26-19-11-12-20(26)14-21(13-19)29-23(28)24(16-27,18-8-3-2-4-9-18)15-17-7-5-6-10-22(17)25/h2-10,19-21,27H,11-16H2,1H3. The molecule has 0 saturated carbocycles. The lowest BCUT2D eigenvalue weighted by atomic mass is 9.76. The molecular formula is C24H28ClNO3. The van der Waals surface area contributed by atoms with Gasteiger partial charge in [0.25, 0.3) is 0 Å². The maximum Gasteiger partial charge on any atom is 0.319 e. The van der Waals surface area contributed by atoms with Crippen LogP contribution in [0.5, 0.6) is 0 Å². The molecule has 4 nitrogen and oxygen atoms in total. The number of nitrogens with zero attached hydrogens (tertiary/aromatic N) is 1. The molecule has 0 aliphatic carbocycles. The second-order valence-electron chi connectivity index (χ2n) is 8.42. The Morgan fingerprint density at radius 3 is 2.34 bits per heavy atom. The summed E-state index contributed by atoms with van der Waals surface area (Å²) in [7, 11) is 2.17. The van der Waals surface area contributed by atoms with E-state index in [9.17, 15) is 9.90 Å². The monoisotopic (exact) mass is 413 g/mol. The van der Waals surface area contributed by atoms with Crippen molar-refractivity contribution in [1.29, 1.82) is 0 Å². The van der Waals surface area contributed by atoms with Gasteiger partial charge in [0.1, 0.15) is 11.5 Å². The van der Waals surface area contributed by atoms with E-state index in [1.807, 2.05) is 54.6 Å². The molecule has 5 heteroatoms. The number of carbonyl (C=O) groups is 1. The predicted octanol–water partition coefficient (Wildman–Crippen LogP) is 3.98. The second kappa shape index (κ2) is 8.47. The summed E-state index contributed by atoms with van der Waals surface area (Å²) in [5.74, 6) is -0.361. The number of fused-ring (bicyclic) bond motifs is 2. The number of aliphatic hydroxyl groups excluding tert-OH is 1. The van der Waals surface area contributed by atoms with Crippen molar-refractivity contribution in [3.8, 4) is 0 Å². The molecule has 1 N–H and O–H groups in total. The lowest BCUT2D eigenvalue weighted by molar-refractivity contribution is -0.161. The summed E-state index contributed by atoms with van der Waals surface area (Å²) >= 11 is 6.39. The van der Waals surface area contributed by atoms with Gasteiger partial charge in [0, 0.05) is 17.1 Å². The average Bonchev–Trinajstić information content (AvgIpc) is 2.94. The highest BCUT2D eigenvalue weighted by Gasteiger charge is 2.45. The van der Waals surface area contributed by atoms with Crippen LogP contribution in [0.15, 0.2) is 54.6 Å². The van der Waals surface area contributed by atoms with E-state index in [0.717, 1.165) is 24.0 Å². The Bertz CT molecular complexity index is 844. The van der Waals surface area contributed by atoms with Crippen LogP contribution in [0.3, 0.4) is 0 Å². The van der Waals surface area contributed by atoms with Crippen molar-refractivity contribution in [2.24, 2.45) is 0 Å². The minimum Gasteiger partial charge on any atom is -0.462 e. The van der Waals surface area contributed by atoms with Gasteiger partial charge in [-0.3, -0.25) is 4.79 Å². The number of esters is 1. The number of ether oxygens (including phenoxy) is 1. The Kier molecular flexibility index (Phi) is 5.95. The number of hydrogen-bond donors (Lipinski definition) is 1. The van der Waals surface area contributed by atoms with Crippen LogP contribution in [-0.2, 0) is 21.4 Å². The zero-order valence-electron chi connectivity index (χ0n) is 16.8. The molecule has 2 fully saturated rings. The van der Waals surface area contributed by atoms with Gasteiger partial charge in [-0.1, -0.05) is 60.1 Å². The molecule has 2 aromatic carbocycles. The van der Waals surface area contributed by atoms with E-state index in [-0.39, 0.29) is 18.7 Å². The molecule has 2 aromatic rings. The van der Waals surface area contributed by atoms with Crippen LogP contribution in [0.1, 0.15) is 36.8 Å². The Labute approximate surface area is 177 Å². The topological polar surface area (TPSA) is 49.8 Å². The first-order chi connectivity index (χ1) is 14.0. The minimum absolute atomic E-state index is 0.0999. The fourth-order valence-electron chi connectivity index (χ4n) is 4.95. The van der Waals surface area contributed by atoms with Crippen molar-refractivity contribution in [1.82, 2.24) is 4.90 Å². The van der Waals surface area contributed by atoms with Crippen LogP contribution in [-0.4, -0.2) is 47.8 Å². The van der Waals surface area contributed by atoms with E-state index < -0.39 is 5.41 Å². The Hall–Kier alpha value is -1.88. The number of carbonyl (C=O) groups excluding carboxylic acids is 1. The minimum atomic E-state index is -1.17. The normalized spacial score (nSPS) is 26.1. The highest BCUT2D eigenvalue weighted by molar-refractivity contribution is 6.31. The third-order valence-electron chi connectivity index (χ3n) is 6.77. The maximum absolute atomic E-state index is 13.6. The molecule has 3 atom stereocenters. The molecule has 2 aliphatic heterocycles. The Balaban J connectivity index is 1.63. The van der Waals surface area contributed by atoms with Crippen molar-refractivity contribution < 1.29 is 14.6 Å². The summed E-state index contributed by atoms with van der Waals surface area (Å²) in [6.07, 6.45) is 4.25. The molecule has 0 spiro atoms. The lowest BCUT2D eigenvalue weighted by Crippen LogP contribution is -2.48. The van der Waals surface area contributed by atoms with E-state index >= 15 is 0 Å². The molecule has 0 radical (unpaired) electrons. The highest BCUT2D eigenvalue weighted by Crippen LogP contribution is 2.38. The molecule has 2 heterocycles. The first-order valence-electron chi connectivity index (χ1n) is 10.4. The summed E-state index contributed by atoms with van der Waals surface area (Å²) in [4.78, 5) is 16.0. The van der Waals surface area contributed by atoms with Crippen LogP contribution in [0.25, 0.3) is 0 Å². The molecular weight excluding hydrogens is 386 g/mol. The third-order valence-corrected chi connectivity index (χ3v) is 7.13. The zero-order chi connectivity index (χ0) is 20.4. The summed E-state index contributed by atoms with van der Waals surface area (Å²) in [6.45, 7) is -0.333. The van der Waals surface area contributed by atoms with Gasteiger partial charge in [0.05, 0.1) is 6.61 Å². The molecule has 2 bridgehead atoms. The van der Waals surface area contributed by atoms with Crippen molar-refractivity contribution in [3.05, 3.63) is 70.7 Å². The molecule has 2 aliphatic rings. The first-order valence-corrected chi connectivity index (χ1v) is 10.7. The van der Waals surface area contributed by atoms with E-state index in [0.29, 0.717) is 23.5 Å². The molecule has 2 saturated heterocycles. The number of benzene rings is 2. The van der Waals surface area contributed by atoms with Crippen molar-refractivity contribution in [2.45, 2.75) is 55.7 Å². The lowest BCUT2D eigenvalue weighted by Gasteiger charge is -2.38. The van der Waals surface area contributed by atoms with Crippen LogP contribution in [0, 0.1) is 0 Å². The largest absolute Gasteiger partial charge is 0.462 e. The Morgan fingerprint density at radius 2 is 1.72 bits per heavy atom. The van der Waals surface area contributed by atoms with Gasteiger partial charge in [-0.2, -0.15) is 0 Å². The van der Waals surface area contributed by atoms with E-state index in [2.05, 4.69) is 11.9 Å². The SMILES string of the molecule is CN1C2CCC1CC(OC(=O)C(CO)(Cc1ccccc1Cl)c1ccccc1)C2. The third kappa shape index (κ3) is 3.94. The predicted molar refractivity (Wildman–Crippen MR) is 114 cm³/mol. The van der Waals surface area contributed by atoms with Crippen molar-refractivity contribution >= 4 is 17.6 Å². The van der Waals surface area contributed by atoms with Gasteiger partial charge >= 0.3 is 5.97 Å². The summed E-state index contributed by atoms with van der Waals surface area (Å²) < 4.78 is 6.07. The van der Waals surface area contributed by atoms with E-state index in [1.165, 1.54) is 12.8 Å². The number of halogens is 1. The number of rotatable bonds is 6. The van der Waals surface area contributed by atoms with Crippen LogP contribution < -0.4 is 0 Å². The summed E-state index contributed by atoms with van der Waals surface area (Å²) in [5.41, 5.74) is 0.407. The van der Waals surface area contributed by atoms with Gasteiger partial charge in [-0.25, -0.2) is 0 Å². The summed E-state index contributed by atoms with van der Waals surface area (Å²) in [5, 5.41) is 11.1. The summed E-state index contributed by atoms with van der Waals surface area (Å²) in [6, 6.07) is 17.9. The molecule has 0 aromatic heterocycles. The van der Waals surface area contributed by atoms with Gasteiger partial charge in [0.2, 0.25) is 0 Å². The highest BCUT2D eigenvalue weighted by atomic mass is 35.5. The molecule has 29 heavy (non-hydrogen) atoms. The van der Waals surface area contributed by atoms with Gasteiger partial charge in [-0.15, -0.1) is 0 Å². The molecule has 4 rings (SSSR count). The number of hydrogen-bond acceptors (Lipinski definition) is 4. The Morgan fingerprint density at radius 1 is 1.10 bits per heavy atom. The van der Waals surface area contributed by atoms with Crippen LogP contribution in [0.2, 0.25) is 5.02 Å². The van der Waals surface area contributed by atoms with Crippen molar-refractivity contribution in [3.63, 3.8) is 0 Å². The van der Waals surface area contributed by atoms with Gasteiger partial charge < -0.3 is 14.7 Å². The van der Waals surface area contributed by atoms with Crippen LogP contribution >= 0.6 is 11.6 Å². The fraction of sp³-hybridized carbons (Fsp3) is 0.458. The average molecular weight is 414 g/mol. The van der Waals surface area contributed by atoms with E-state index in [1.54, 1.807) is 0 Å². The van der Waals surface area contributed by atoms with Gasteiger partial charge in [-0.05, 0) is 56.3 Å². The number of aliphatic hydroxyl groups is 1. The zero-order valence-corrected chi connectivity index (χ0v) is 17.5. The molecule has 154 valence electrons.